The molecular weight excluding hydrogens is 288 g/mol. The minimum absolute atomic E-state index is 0.0479. The number of pyridine rings is 1. The first-order valence-corrected chi connectivity index (χ1v) is 6.47. The molecule has 19 heavy (non-hydrogen) atoms. The monoisotopic (exact) mass is 296 g/mol. The first kappa shape index (κ1) is 13.8. The number of aliphatic hydroxyl groups excluding tert-OH is 1. The predicted octanol–water partition coefficient (Wildman–Crippen LogP) is 3.29. The molecule has 0 bridgehead atoms. The molecule has 0 unspecified atom stereocenters. The van der Waals surface area contributed by atoms with Gasteiger partial charge in [-0.05, 0) is 23.8 Å². The van der Waals surface area contributed by atoms with Crippen molar-refractivity contribution < 1.29 is 10.0 Å². The topological polar surface area (TPSA) is 76.3 Å². The lowest BCUT2D eigenvalue weighted by molar-refractivity contribution is -0.387. The van der Waals surface area contributed by atoms with Gasteiger partial charge < -0.3 is 5.11 Å². The molecular formula is C12H9ClN2O3S. The van der Waals surface area contributed by atoms with Crippen LogP contribution in [0.2, 0.25) is 5.02 Å². The maximum atomic E-state index is 11.0. The van der Waals surface area contributed by atoms with E-state index in [1.54, 1.807) is 24.3 Å². The van der Waals surface area contributed by atoms with Crippen LogP contribution in [0.25, 0.3) is 0 Å². The Morgan fingerprint density at radius 1 is 1.37 bits per heavy atom. The van der Waals surface area contributed by atoms with Crippen molar-refractivity contribution in [2.45, 2.75) is 16.5 Å². The summed E-state index contributed by atoms with van der Waals surface area (Å²) in [4.78, 5) is 15.1. The first-order chi connectivity index (χ1) is 9.10. The van der Waals surface area contributed by atoms with E-state index in [0.717, 1.165) is 0 Å². The van der Waals surface area contributed by atoms with E-state index in [1.807, 2.05) is 0 Å². The summed E-state index contributed by atoms with van der Waals surface area (Å²) in [7, 11) is 0. The van der Waals surface area contributed by atoms with E-state index in [0.29, 0.717) is 20.5 Å². The number of aromatic nitrogens is 1. The Morgan fingerprint density at radius 3 is 2.74 bits per heavy atom. The summed E-state index contributed by atoms with van der Waals surface area (Å²) in [6.07, 6.45) is 1.48. The van der Waals surface area contributed by atoms with Gasteiger partial charge in [0.25, 0.3) is 5.69 Å². The van der Waals surface area contributed by atoms with Crippen LogP contribution in [0.3, 0.4) is 0 Å². The van der Waals surface area contributed by atoms with Crippen LogP contribution in [0.1, 0.15) is 5.56 Å². The first-order valence-electron chi connectivity index (χ1n) is 5.27. The summed E-state index contributed by atoms with van der Waals surface area (Å²) in [5.74, 6) is 0. The van der Waals surface area contributed by atoms with E-state index in [2.05, 4.69) is 4.98 Å². The molecule has 2 rings (SSSR count). The van der Waals surface area contributed by atoms with Crippen LogP contribution >= 0.6 is 23.4 Å². The summed E-state index contributed by atoms with van der Waals surface area (Å²) in [5, 5.41) is 21.1. The lowest BCUT2D eigenvalue weighted by Gasteiger charge is -2.04. The van der Waals surface area contributed by atoms with Crippen LogP contribution in [-0.2, 0) is 6.61 Å². The molecule has 0 atom stereocenters. The zero-order valence-corrected chi connectivity index (χ0v) is 11.2. The number of aliphatic hydroxyl groups is 1. The zero-order valence-electron chi connectivity index (χ0n) is 9.62. The molecule has 0 aliphatic carbocycles. The van der Waals surface area contributed by atoms with Crippen molar-refractivity contribution in [1.29, 1.82) is 0 Å². The van der Waals surface area contributed by atoms with Crippen LogP contribution in [-0.4, -0.2) is 15.0 Å². The molecule has 98 valence electrons. The third-order valence-electron chi connectivity index (χ3n) is 2.32. The molecule has 0 aliphatic heterocycles. The molecule has 0 saturated heterocycles. The van der Waals surface area contributed by atoms with Gasteiger partial charge >= 0.3 is 0 Å². The van der Waals surface area contributed by atoms with Gasteiger partial charge in [-0.1, -0.05) is 29.4 Å². The summed E-state index contributed by atoms with van der Waals surface area (Å²) < 4.78 is 0. The number of nitro benzene ring substituents is 1. The maximum Gasteiger partial charge on any atom is 0.283 e. The van der Waals surface area contributed by atoms with E-state index >= 15 is 0 Å². The van der Waals surface area contributed by atoms with Gasteiger partial charge in [-0.2, -0.15) is 0 Å². The van der Waals surface area contributed by atoms with Crippen LogP contribution in [0.4, 0.5) is 5.69 Å². The van der Waals surface area contributed by atoms with E-state index in [-0.39, 0.29) is 12.3 Å². The molecule has 1 N–H and O–H groups in total. The van der Waals surface area contributed by atoms with Gasteiger partial charge in [0.1, 0.15) is 5.03 Å². The molecule has 2 aromatic rings. The molecule has 5 nitrogen and oxygen atoms in total. The average Bonchev–Trinajstić information content (AvgIpc) is 2.41. The fourth-order valence-electron chi connectivity index (χ4n) is 1.43. The predicted molar refractivity (Wildman–Crippen MR) is 72.4 cm³/mol. The summed E-state index contributed by atoms with van der Waals surface area (Å²) in [6.45, 7) is -0.231. The van der Waals surface area contributed by atoms with Crippen molar-refractivity contribution in [1.82, 2.24) is 4.98 Å². The lowest BCUT2D eigenvalue weighted by Crippen LogP contribution is -1.94. The number of benzene rings is 1. The van der Waals surface area contributed by atoms with Gasteiger partial charge in [0.05, 0.1) is 21.4 Å². The number of nitro groups is 1. The van der Waals surface area contributed by atoms with Gasteiger partial charge in [0.2, 0.25) is 0 Å². The van der Waals surface area contributed by atoms with Crippen molar-refractivity contribution in [3.05, 3.63) is 57.2 Å². The van der Waals surface area contributed by atoms with Gasteiger partial charge in [0.15, 0.2) is 0 Å². The molecule has 0 radical (unpaired) electrons. The molecule has 1 aromatic carbocycles. The van der Waals surface area contributed by atoms with Crippen molar-refractivity contribution in [2.24, 2.45) is 0 Å². The average molecular weight is 297 g/mol. The van der Waals surface area contributed by atoms with E-state index in [1.165, 1.54) is 24.0 Å². The minimum Gasteiger partial charge on any atom is -0.392 e. The smallest absolute Gasteiger partial charge is 0.283 e. The number of nitrogens with zero attached hydrogens (tertiary/aromatic N) is 2. The highest BCUT2D eigenvalue weighted by molar-refractivity contribution is 7.99. The van der Waals surface area contributed by atoms with Gasteiger partial charge in [-0.25, -0.2) is 4.98 Å². The van der Waals surface area contributed by atoms with Crippen LogP contribution in [0.5, 0.6) is 0 Å². The molecule has 0 amide bonds. The van der Waals surface area contributed by atoms with Crippen molar-refractivity contribution in [2.75, 3.05) is 0 Å². The zero-order chi connectivity index (χ0) is 13.8. The Kier molecular flexibility index (Phi) is 4.36. The summed E-state index contributed by atoms with van der Waals surface area (Å²) in [5.41, 5.74) is 0.452. The fourth-order valence-corrected chi connectivity index (χ4v) is 2.38. The van der Waals surface area contributed by atoms with Crippen molar-refractivity contribution in [3.63, 3.8) is 0 Å². The Labute approximate surface area is 118 Å². The summed E-state index contributed by atoms with van der Waals surface area (Å²) >= 11 is 6.91. The maximum absolute atomic E-state index is 11.0. The largest absolute Gasteiger partial charge is 0.392 e. The molecule has 1 heterocycles. The van der Waals surface area contributed by atoms with Gasteiger partial charge in [-0.3, -0.25) is 10.1 Å². The Hall–Kier alpha value is -1.63. The van der Waals surface area contributed by atoms with Crippen LogP contribution in [0, 0.1) is 10.1 Å². The van der Waals surface area contributed by atoms with Crippen LogP contribution < -0.4 is 0 Å². The lowest BCUT2D eigenvalue weighted by atomic mass is 10.2. The highest BCUT2D eigenvalue weighted by Gasteiger charge is 2.16. The molecule has 0 fully saturated rings. The molecule has 0 saturated carbocycles. The summed E-state index contributed by atoms with van der Waals surface area (Å²) in [6, 6.07) is 7.97. The highest BCUT2D eigenvalue weighted by Crippen LogP contribution is 2.34. The van der Waals surface area contributed by atoms with Crippen LogP contribution in [0.15, 0.2) is 46.5 Å². The Morgan fingerprint density at radius 2 is 2.16 bits per heavy atom. The molecule has 7 heteroatoms. The molecule has 0 spiro atoms. The molecule has 0 aliphatic rings. The van der Waals surface area contributed by atoms with Gasteiger partial charge in [0, 0.05) is 12.3 Å². The molecule has 1 aromatic heterocycles. The fraction of sp³-hybridized carbons (Fsp3) is 0.0833. The second-order valence-electron chi connectivity index (χ2n) is 3.63. The third kappa shape index (κ3) is 3.44. The Bertz CT molecular complexity index is 604. The number of halogens is 1. The number of hydrogen-bond acceptors (Lipinski definition) is 5. The highest BCUT2D eigenvalue weighted by atomic mass is 35.5. The third-order valence-corrected chi connectivity index (χ3v) is 3.56. The standard InChI is InChI=1S/C12H9ClN2O3S/c13-9-2-4-12(14-6-9)19-11-3-1-8(7-16)5-10(11)15(17)18/h1-6,16H,7H2. The SMILES string of the molecule is O=[N+]([O-])c1cc(CO)ccc1Sc1ccc(Cl)cn1. The second-order valence-corrected chi connectivity index (χ2v) is 5.13. The Balaban J connectivity index is 2.33. The quantitative estimate of drug-likeness (QED) is 0.692. The van der Waals surface area contributed by atoms with Crippen molar-refractivity contribution >= 4 is 29.1 Å². The van der Waals surface area contributed by atoms with E-state index in [4.69, 9.17) is 16.7 Å². The van der Waals surface area contributed by atoms with E-state index in [9.17, 15) is 10.1 Å². The van der Waals surface area contributed by atoms with Crippen molar-refractivity contribution in [3.8, 4) is 0 Å². The minimum atomic E-state index is -0.475. The number of hydrogen-bond donors (Lipinski definition) is 1. The van der Waals surface area contributed by atoms with Gasteiger partial charge in [-0.15, -0.1) is 0 Å². The van der Waals surface area contributed by atoms with E-state index < -0.39 is 4.92 Å². The number of rotatable bonds is 4. The normalized spacial score (nSPS) is 10.4. The second kappa shape index (κ2) is 6.01.